The van der Waals surface area contributed by atoms with Gasteiger partial charge in [0.05, 0.1) is 27.9 Å². The first-order valence-corrected chi connectivity index (χ1v) is 6.64. The predicted molar refractivity (Wildman–Crippen MR) is 78.2 cm³/mol. The molecule has 0 aliphatic carbocycles. The van der Waals surface area contributed by atoms with Gasteiger partial charge in [-0.25, -0.2) is 4.39 Å². The summed E-state index contributed by atoms with van der Waals surface area (Å²) in [5.41, 5.74) is 0.594. The fourth-order valence-electron chi connectivity index (χ4n) is 1.55. The molecule has 0 saturated carbocycles. The van der Waals surface area contributed by atoms with Gasteiger partial charge >= 0.3 is 0 Å². The highest BCUT2D eigenvalue weighted by Gasteiger charge is 2.14. The maximum absolute atomic E-state index is 13.6. The van der Waals surface area contributed by atoms with Gasteiger partial charge in [-0.3, -0.25) is 4.79 Å². The molecular weight excluding hydrogens is 347 g/mol. The van der Waals surface area contributed by atoms with E-state index in [1.54, 1.807) is 0 Å². The molecule has 2 rings (SSSR count). The van der Waals surface area contributed by atoms with Crippen LogP contribution in [0.15, 0.2) is 40.9 Å². The van der Waals surface area contributed by atoms with Crippen LogP contribution < -0.4 is 5.32 Å². The van der Waals surface area contributed by atoms with Crippen LogP contribution in [0.2, 0.25) is 5.02 Å². The maximum Gasteiger partial charge on any atom is 0.258 e. The molecule has 2 aromatic carbocycles. The molecule has 6 heteroatoms. The summed E-state index contributed by atoms with van der Waals surface area (Å²) in [5.74, 6) is -1.24. The third-order valence-electron chi connectivity index (χ3n) is 2.52. The Labute approximate surface area is 128 Å². The SMILES string of the molecule is N#Cc1ccc(NC(=O)c2cc(Br)ccc2F)c(Cl)c1. The average Bonchev–Trinajstić information content (AvgIpc) is 2.43. The van der Waals surface area contributed by atoms with Gasteiger partial charge in [0.25, 0.3) is 5.91 Å². The molecule has 0 atom stereocenters. The number of hydrogen-bond donors (Lipinski definition) is 1. The average molecular weight is 354 g/mol. The first-order valence-electron chi connectivity index (χ1n) is 5.47. The molecule has 0 bridgehead atoms. The van der Waals surface area contributed by atoms with Crippen molar-refractivity contribution in [3.63, 3.8) is 0 Å². The van der Waals surface area contributed by atoms with Crippen LogP contribution in [-0.4, -0.2) is 5.91 Å². The number of carbonyl (C=O) groups is 1. The maximum atomic E-state index is 13.6. The topological polar surface area (TPSA) is 52.9 Å². The quantitative estimate of drug-likeness (QED) is 0.872. The van der Waals surface area contributed by atoms with Crippen LogP contribution in [-0.2, 0) is 0 Å². The lowest BCUT2D eigenvalue weighted by atomic mass is 10.2. The highest BCUT2D eigenvalue weighted by Crippen LogP contribution is 2.24. The van der Waals surface area contributed by atoms with Gasteiger partial charge in [0, 0.05) is 4.47 Å². The molecule has 0 aliphatic heterocycles. The number of nitriles is 1. The minimum Gasteiger partial charge on any atom is -0.321 e. The summed E-state index contributed by atoms with van der Waals surface area (Å²) < 4.78 is 14.2. The van der Waals surface area contributed by atoms with E-state index >= 15 is 0 Å². The number of anilines is 1. The smallest absolute Gasteiger partial charge is 0.258 e. The second-order valence-corrected chi connectivity index (χ2v) is 5.21. The molecule has 20 heavy (non-hydrogen) atoms. The van der Waals surface area contributed by atoms with Crippen molar-refractivity contribution in [2.75, 3.05) is 5.32 Å². The van der Waals surface area contributed by atoms with Crippen LogP contribution in [0, 0.1) is 17.1 Å². The van der Waals surface area contributed by atoms with Gasteiger partial charge < -0.3 is 5.32 Å². The number of benzene rings is 2. The van der Waals surface area contributed by atoms with Gasteiger partial charge in [0.15, 0.2) is 0 Å². The number of halogens is 3. The van der Waals surface area contributed by atoms with E-state index in [4.69, 9.17) is 16.9 Å². The normalized spacial score (nSPS) is 9.90. The first kappa shape index (κ1) is 14.5. The summed E-state index contributed by atoms with van der Waals surface area (Å²) in [5, 5.41) is 11.4. The molecule has 1 N–H and O–H groups in total. The summed E-state index contributed by atoms with van der Waals surface area (Å²) >= 11 is 9.12. The lowest BCUT2D eigenvalue weighted by Crippen LogP contribution is -2.14. The van der Waals surface area contributed by atoms with Gasteiger partial charge in [0.2, 0.25) is 0 Å². The zero-order valence-corrected chi connectivity index (χ0v) is 12.3. The van der Waals surface area contributed by atoms with Crippen molar-refractivity contribution in [1.82, 2.24) is 0 Å². The Kier molecular flexibility index (Phi) is 4.38. The number of nitrogens with one attached hydrogen (secondary N) is 1. The van der Waals surface area contributed by atoms with E-state index < -0.39 is 11.7 Å². The van der Waals surface area contributed by atoms with Crippen LogP contribution in [0.25, 0.3) is 0 Å². The van der Waals surface area contributed by atoms with Gasteiger partial charge in [-0.2, -0.15) is 5.26 Å². The van der Waals surface area contributed by atoms with E-state index in [1.165, 1.54) is 36.4 Å². The molecule has 2 aromatic rings. The predicted octanol–water partition coefficient (Wildman–Crippen LogP) is 4.37. The highest BCUT2D eigenvalue weighted by atomic mass is 79.9. The zero-order valence-electron chi connectivity index (χ0n) is 9.95. The van der Waals surface area contributed by atoms with Crippen LogP contribution in [0.5, 0.6) is 0 Å². The third-order valence-corrected chi connectivity index (χ3v) is 3.33. The molecule has 0 aromatic heterocycles. The van der Waals surface area contributed by atoms with Crippen molar-refractivity contribution in [1.29, 1.82) is 5.26 Å². The Bertz CT molecular complexity index is 728. The summed E-state index contributed by atoms with van der Waals surface area (Å²) in [6.07, 6.45) is 0. The Morgan fingerprint density at radius 3 is 2.70 bits per heavy atom. The monoisotopic (exact) mass is 352 g/mol. The number of hydrogen-bond acceptors (Lipinski definition) is 2. The van der Waals surface area contributed by atoms with E-state index in [-0.39, 0.29) is 10.6 Å². The first-order chi connectivity index (χ1) is 9.51. The number of nitrogens with zero attached hydrogens (tertiary/aromatic N) is 1. The fourth-order valence-corrected chi connectivity index (χ4v) is 2.14. The molecule has 0 saturated heterocycles. The van der Waals surface area contributed by atoms with Gasteiger partial charge in [0.1, 0.15) is 5.82 Å². The standard InChI is InChI=1S/C14H7BrClFN2O/c15-9-2-3-12(17)10(6-9)14(20)19-13-4-1-8(7-18)5-11(13)16/h1-6H,(H,19,20). The van der Waals surface area contributed by atoms with E-state index in [0.29, 0.717) is 15.7 Å². The molecule has 3 nitrogen and oxygen atoms in total. The Morgan fingerprint density at radius 2 is 2.05 bits per heavy atom. The van der Waals surface area contributed by atoms with Crippen LogP contribution in [0.3, 0.4) is 0 Å². The Morgan fingerprint density at radius 1 is 1.30 bits per heavy atom. The highest BCUT2D eigenvalue weighted by molar-refractivity contribution is 9.10. The molecule has 100 valence electrons. The number of carbonyl (C=O) groups excluding carboxylic acids is 1. The van der Waals surface area contributed by atoms with E-state index in [0.717, 1.165) is 0 Å². The minimum absolute atomic E-state index is 0.0974. The van der Waals surface area contributed by atoms with Crippen molar-refractivity contribution in [3.8, 4) is 6.07 Å². The molecule has 0 unspecified atom stereocenters. The molecular formula is C14H7BrClFN2O. The van der Waals surface area contributed by atoms with Crippen molar-refractivity contribution >= 4 is 39.1 Å². The lowest BCUT2D eigenvalue weighted by Gasteiger charge is -2.08. The number of amides is 1. The van der Waals surface area contributed by atoms with Crippen molar-refractivity contribution in [2.45, 2.75) is 0 Å². The van der Waals surface area contributed by atoms with Crippen molar-refractivity contribution in [3.05, 3.63) is 62.8 Å². The third kappa shape index (κ3) is 3.16. The molecule has 0 aliphatic rings. The van der Waals surface area contributed by atoms with E-state index in [1.807, 2.05) is 6.07 Å². The molecule has 0 radical (unpaired) electrons. The second kappa shape index (κ2) is 6.04. The summed E-state index contributed by atoms with van der Waals surface area (Å²) in [6, 6.07) is 10.4. The molecule has 0 fully saturated rings. The summed E-state index contributed by atoms with van der Waals surface area (Å²) in [6.45, 7) is 0. The van der Waals surface area contributed by atoms with E-state index in [2.05, 4.69) is 21.2 Å². The summed E-state index contributed by atoms with van der Waals surface area (Å²) in [7, 11) is 0. The molecule has 1 amide bonds. The summed E-state index contributed by atoms with van der Waals surface area (Å²) in [4.78, 5) is 12.0. The van der Waals surface area contributed by atoms with Gasteiger partial charge in [-0.15, -0.1) is 0 Å². The van der Waals surface area contributed by atoms with Crippen LogP contribution >= 0.6 is 27.5 Å². The lowest BCUT2D eigenvalue weighted by molar-refractivity contribution is 0.102. The van der Waals surface area contributed by atoms with Crippen molar-refractivity contribution in [2.24, 2.45) is 0 Å². The van der Waals surface area contributed by atoms with Crippen LogP contribution in [0.1, 0.15) is 15.9 Å². The van der Waals surface area contributed by atoms with Gasteiger partial charge in [-0.1, -0.05) is 27.5 Å². The number of rotatable bonds is 2. The van der Waals surface area contributed by atoms with Crippen LogP contribution in [0.4, 0.5) is 10.1 Å². The fraction of sp³-hybridized carbons (Fsp3) is 0. The largest absolute Gasteiger partial charge is 0.321 e. The zero-order chi connectivity index (χ0) is 14.7. The minimum atomic E-state index is -0.629. The van der Waals surface area contributed by atoms with Crippen molar-refractivity contribution < 1.29 is 9.18 Å². The Balaban J connectivity index is 2.28. The Hall–Kier alpha value is -1.90. The second-order valence-electron chi connectivity index (χ2n) is 3.88. The van der Waals surface area contributed by atoms with E-state index in [9.17, 15) is 9.18 Å². The van der Waals surface area contributed by atoms with Gasteiger partial charge in [-0.05, 0) is 36.4 Å². The molecule has 0 heterocycles. The molecule has 0 spiro atoms.